The first kappa shape index (κ1) is 19.2. The summed E-state index contributed by atoms with van der Waals surface area (Å²) in [5, 5.41) is 12.7. The van der Waals surface area contributed by atoms with Crippen molar-refractivity contribution >= 4 is 5.91 Å². The van der Waals surface area contributed by atoms with Crippen LogP contribution in [0, 0.1) is 23.7 Å². The summed E-state index contributed by atoms with van der Waals surface area (Å²) in [6, 6.07) is 7.18. The normalized spacial score (nSPS) is 30.3. The molecule has 1 aromatic rings. The first-order valence-electron chi connectivity index (χ1n) is 9.54. The highest BCUT2D eigenvalue weighted by molar-refractivity contribution is 5.80. The molecule has 27 heavy (non-hydrogen) atoms. The monoisotopic (exact) mass is 366 g/mol. The van der Waals surface area contributed by atoms with Crippen LogP contribution in [0.25, 0.3) is 0 Å². The second-order valence-corrected chi connectivity index (χ2v) is 7.61. The van der Waals surface area contributed by atoms with Gasteiger partial charge in [0.2, 0.25) is 11.8 Å². The van der Waals surface area contributed by atoms with E-state index in [2.05, 4.69) is 29.2 Å². The number of nitriles is 1. The van der Waals surface area contributed by atoms with Crippen LogP contribution in [0.2, 0.25) is 0 Å². The van der Waals surface area contributed by atoms with Crippen LogP contribution in [0.1, 0.15) is 45.4 Å². The summed E-state index contributed by atoms with van der Waals surface area (Å²) in [7, 11) is 0. The van der Waals surface area contributed by atoms with Crippen LogP contribution in [0.15, 0.2) is 24.4 Å². The average molecular weight is 366 g/mol. The van der Waals surface area contributed by atoms with Gasteiger partial charge in [0, 0.05) is 17.8 Å². The standard InChI is InChI=1S/C21H26N4O2/c1-3-16-7-8-17(14-22)25(16)20(26)15-24-21(2)11-9-18(10-12-21)27-19-6-4-5-13-23-19/h1,4-6,13,16-18,24H,7-12,15H2,2H3/t16?,17-,18?,21?/m0/s1. The van der Waals surface area contributed by atoms with Gasteiger partial charge < -0.3 is 15.0 Å². The number of pyridine rings is 1. The van der Waals surface area contributed by atoms with Crippen LogP contribution in [0.3, 0.4) is 0 Å². The number of ether oxygens (including phenoxy) is 1. The van der Waals surface area contributed by atoms with Crippen molar-refractivity contribution in [2.75, 3.05) is 6.54 Å². The quantitative estimate of drug-likeness (QED) is 0.809. The van der Waals surface area contributed by atoms with E-state index in [4.69, 9.17) is 11.2 Å². The van der Waals surface area contributed by atoms with Gasteiger partial charge >= 0.3 is 0 Å². The molecule has 2 heterocycles. The smallest absolute Gasteiger partial charge is 0.238 e. The maximum absolute atomic E-state index is 12.7. The molecule has 1 aliphatic carbocycles. The Morgan fingerprint density at radius 3 is 2.74 bits per heavy atom. The largest absolute Gasteiger partial charge is 0.474 e. The molecule has 2 aliphatic rings. The van der Waals surface area contributed by atoms with Gasteiger partial charge in [-0.25, -0.2) is 4.98 Å². The summed E-state index contributed by atoms with van der Waals surface area (Å²) in [5.74, 6) is 3.21. The van der Waals surface area contributed by atoms with Crippen LogP contribution in [0.5, 0.6) is 5.88 Å². The molecule has 1 amide bonds. The van der Waals surface area contributed by atoms with E-state index in [9.17, 15) is 10.1 Å². The SMILES string of the molecule is C#CC1CC[C@@H](C#N)N1C(=O)CNC1(C)CCC(Oc2ccccn2)CC1. The van der Waals surface area contributed by atoms with E-state index in [1.54, 1.807) is 11.1 Å². The summed E-state index contributed by atoms with van der Waals surface area (Å²) in [6.07, 6.45) is 12.4. The second-order valence-electron chi connectivity index (χ2n) is 7.61. The Hall–Kier alpha value is -2.57. The summed E-state index contributed by atoms with van der Waals surface area (Å²) in [5.41, 5.74) is -0.118. The lowest BCUT2D eigenvalue weighted by molar-refractivity contribution is -0.131. The zero-order valence-corrected chi connectivity index (χ0v) is 15.7. The molecule has 6 nitrogen and oxygen atoms in total. The molecule has 1 aromatic heterocycles. The van der Waals surface area contributed by atoms with Gasteiger partial charge in [0.15, 0.2) is 0 Å². The van der Waals surface area contributed by atoms with Crippen molar-refractivity contribution < 1.29 is 9.53 Å². The number of carbonyl (C=O) groups excluding carboxylic acids is 1. The second kappa shape index (κ2) is 8.41. The fourth-order valence-electron chi connectivity index (χ4n) is 3.94. The first-order valence-corrected chi connectivity index (χ1v) is 9.54. The number of likely N-dealkylation sites (tertiary alicyclic amines) is 1. The molecular formula is C21H26N4O2. The van der Waals surface area contributed by atoms with E-state index < -0.39 is 6.04 Å². The molecule has 1 saturated heterocycles. The molecule has 0 aromatic carbocycles. The van der Waals surface area contributed by atoms with Gasteiger partial charge in [-0.1, -0.05) is 12.0 Å². The van der Waals surface area contributed by atoms with Gasteiger partial charge in [-0.05, 0) is 51.5 Å². The number of carbonyl (C=O) groups is 1. The maximum Gasteiger partial charge on any atom is 0.238 e. The van der Waals surface area contributed by atoms with Gasteiger partial charge in [0.25, 0.3) is 0 Å². The Balaban J connectivity index is 1.49. The lowest BCUT2D eigenvalue weighted by Crippen LogP contribution is -2.52. The number of nitrogens with one attached hydrogen (secondary N) is 1. The topological polar surface area (TPSA) is 78.2 Å². The number of hydrogen-bond acceptors (Lipinski definition) is 5. The molecule has 1 N–H and O–H groups in total. The highest BCUT2D eigenvalue weighted by atomic mass is 16.5. The Labute approximate surface area is 160 Å². The Morgan fingerprint density at radius 2 is 2.11 bits per heavy atom. The molecule has 142 valence electrons. The molecule has 0 bridgehead atoms. The fourth-order valence-corrected chi connectivity index (χ4v) is 3.94. The highest BCUT2D eigenvalue weighted by Gasteiger charge is 2.37. The zero-order chi connectivity index (χ0) is 19.3. The molecule has 3 rings (SSSR count). The van der Waals surface area contributed by atoms with Gasteiger partial charge in [0.05, 0.1) is 18.7 Å². The van der Waals surface area contributed by atoms with Crippen LogP contribution in [-0.4, -0.2) is 46.1 Å². The molecule has 0 spiro atoms. The number of terminal acetylenes is 1. The molecule has 6 heteroatoms. The van der Waals surface area contributed by atoms with E-state index in [0.29, 0.717) is 18.7 Å². The number of aromatic nitrogens is 1. The van der Waals surface area contributed by atoms with Crippen molar-refractivity contribution in [3.05, 3.63) is 24.4 Å². The Morgan fingerprint density at radius 1 is 1.37 bits per heavy atom. The van der Waals surface area contributed by atoms with Crippen molar-refractivity contribution in [1.82, 2.24) is 15.2 Å². The lowest BCUT2D eigenvalue weighted by Gasteiger charge is -2.38. The third kappa shape index (κ3) is 4.59. The van der Waals surface area contributed by atoms with Gasteiger partial charge in [-0.2, -0.15) is 5.26 Å². The van der Waals surface area contributed by atoms with Crippen molar-refractivity contribution in [3.63, 3.8) is 0 Å². The van der Waals surface area contributed by atoms with Crippen LogP contribution in [-0.2, 0) is 4.79 Å². The van der Waals surface area contributed by atoms with E-state index in [0.717, 1.165) is 25.7 Å². The summed E-state index contributed by atoms with van der Waals surface area (Å²) in [6.45, 7) is 2.35. The van der Waals surface area contributed by atoms with E-state index in [1.165, 1.54) is 0 Å². The van der Waals surface area contributed by atoms with Crippen LogP contribution < -0.4 is 10.1 Å². The van der Waals surface area contributed by atoms with Crippen molar-refractivity contribution in [3.8, 4) is 24.3 Å². The highest BCUT2D eigenvalue weighted by Crippen LogP contribution is 2.30. The minimum atomic E-state index is -0.407. The number of nitrogens with zero attached hydrogens (tertiary/aromatic N) is 3. The molecule has 2 atom stereocenters. The van der Waals surface area contributed by atoms with Gasteiger partial charge in [-0.15, -0.1) is 6.42 Å². The third-order valence-corrected chi connectivity index (χ3v) is 5.64. The van der Waals surface area contributed by atoms with E-state index in [1.807, 2.05) is 18.2 Å². The molecule has 0 radical (unpaired) electrons. The van der Waals surface area contributed by atoms with E-state index >= 15 is 0 Å². The van der Waals surface area contributed by atoms with Crippen LogP contribution >= 0.6 is 0 Å². The molecular weight excluding hydrogens is 340 g/mol. The number of hydrogen-bond donors (Lipinski definition) is 1. The van der Waals surface area contributed by atoms with Crippen molar-refractivity contribution in [1.29, 1.82) is 5.26 Å². The summed E-state index contributed by atoms with van der Waals surface area (Å²) < 4.78 is 5.94. The fraction of sp³-hybridized carbons (Fsp3) is 0.571. The summed E-state index contributed by atoms with van der Waals surface area (Å²) >= 11 is 0. The minimum absolute atomic E-state index is 0.0879. The molecule has 1 aliphatic heterocycles. The predicted octanol–water partition coefficient (Wildman–Crippen LogP) is 2.27. The Bertz CT molecular complexity index is 707. The maximum atomic E-state index is 12.7. The van der Waals surface area contributed by atoms with Crippen molar-refractivity contribution in [2.24, 2.45) is 0 Å². The van der Waals surface area contributed by atoms with Gasteiger partial charge in [-0.3, -0.25) is 4.79 Å². The number of amides is 1. The average Bonchev–Trinajstić information content (AvgIpc) is 3.12. The molecule has 1 saturated carbocycles. The van der Waals surface area contributed by atoms with Crippen molar-refractivity contribution in [2.45, 2.75) is 69.2 Å². The zero-order valence-electron chi connectivity index (χ0n) is 15.7. The molecule has 2 fully saturated rings. The van der Waals surface area contributed by atoms with E-state index in [-0.39, 0.29) is 30.1 Å². The summed E-state index contributed by atoms with van der Waals surface area (Å²) in [4.78, 5) is 18.4. The Kier molecular flexibility index (Phi) is 5.98. The first-order chi connectivity index (χ1) is 13.0. The predicted molar refractivity (Wildman–Crippen MR) is 102 cm³/mol. The molecule has 1 unspecified atom stereocenters. The lowest BCUT2D eigenvalue weighted by atomic mass is 9.82. The minimum Gasteiger partial charge on any atom is -0.474 e. The van der Waals surface area contributed by atoms with Crippen LogP contribution in [0.4, 0.5) is 0 Å². The van der Waals surface area contributed by atoms with Gasteiger partial charge in [0.1, 0.15) is 12.1 Å². The number of rotatable bonds is 5. The third-order valence-electron chi connectivity index (χ3n) is 5.64.